The summed E-state index contributed by atoms with van der Waals surface area (Å²) in [5, 5.41) is 3.46. The van der Waals surface area contributed by atoms with Crippen LogP contribution >= 0.6 is 0 Å². The summed E-state index contributed by atoms with van der Waals surface area (Å²) in [6.07, 6.45) is 11.6. The molecular weight excluding hydrogens is 282 g/mol. The molecule has 5 N–H and O–H groups in total. The van der Waals surface area contributed by atoms with Gasteiger partial charge in [-0.3, -0.25) is 0 Å². The van der Waals surface area contributed by atoms with Crippen LogP contribution in [-0.2, 0) is 6.42 Å². The zero-order valence-corrected chi connectivity index (χ0v) is 14.1. The van der Waals surface area contributed by atoms with Gasteiger partial charge in [0.1, 0.15) is 0 Å². The summed E-state index contributed by atoms with van der Waals surface area (Å²) >= 11 is 0. The first kappa shape index (κ1) is 15.2. The van der Waals surface area contributed by atoms with Crippen molar-refractivity contribution in [1.82, 2.24) is 0 Å². The van der Waals surface area contributed by atoms with E-state index in [0.29, 0.717) is 17.4 Å². The molecule has 0 saturated heterocycles. The molecule has 0 radical (unpaired) electrons. The summed E-state index contributed by atoms with van der Waals surface area (Å²) in [6, 6.07) is 7.16. The summed E-state index contributed by atoms with van der Waals surface area (Å²) in [5.41, 5.74) is 17.1. The molecule has 4 rings (SSSR count). The van der Waals surface area contributed by atoms with Crippen LogP contribution in [0.2, 0.25) is 0 Å². The molecule has 1 unspecified atom stereocenters. The Morgan fingerprint density at radius 3 is 2.70 bits per heavy atom. The van der Waals surface area contributed by atoms with Crippen LogP contribution in [0, 0.1) is 11.3 Å². The highest BCUT2D eigenvalue weighted by Gasteiger charge is 2.56. The minimum absolute atomic E-state index is 0.156. The maximum Gasteiger partial charge on any atom is 0.0412 e. The molecule has 1 aromatic carbocycles. The standard InChI is InChI=1S/C20H29N3/c1-2-7-23-18-4-3-15-9-20(22,6-5-14(15)8-18)16-10-19(11-16)12-17(21)13-19/h3-6,8,16-17,23H,2,7,9-13,21-22H2,1H3. The molecule has 3 heteroatoms. The van der Waals surface area contributed by atoms with Gasteiger partial charge >= 0.3 is 0 Å². The number of benzene rings is 1. The van der Waals surface area contributed by atoms with Crippen LogP contribution in [0.3, 0.4) is 0 Å². The van der Waals surface area contributed by atoms with Gasteiger partial charge in [0.15, 0.2) is 0 Å². The third-order valence-electron chi connectivity index (χ3n) is 6.30. The third-order valence-corrected chi connectivity index (χ3v) is 6.30. The summed E-state index contributed by atoms with van der Waals surface area (Å²) < 4.78 is 0. The van der Waals surface area contributed by atoms with Crippen molar-refractivity contribution in [2.45, 2.75) is 57.0 Å². The fourth-order valence-electron chi connectivity index (χ4n) is 4.96. The molecule has 3 aliphatic carbocycles. The van der Waals surface area contributed by atoms with Gasteiger partial charge < -0.3 is 16.8 Å². The van der Waals surface area contributed by atoms with Crippen LogP contribution in [0.1, 0.15) is 50.2 Å². The quantitative estimate of drug-likeness (QED) is 0.799. The average molecular weight is 311 g/mol. The molecule has 0 aliphatic heterocycles. The molecular formula is C20H29N3. The highest BCUT2D eigenvalue weighted by Crippen LogP contribution is 2.61. The van der Waals surface area contributed by atoms with Crippen molar-refractivity contribution in [1.29, 1.82) is 0 Å². The minimum Gasteiger partial charge on any atom is -0.385 e. The van der Waals surface area contributed by atoms with Crippen LogP contribution < -0.4 is 16.8 Å². The van der Waals surface area contributed by atoms with Gasteiger partial charge in [0.2, 0.25) is 0 Å². The molecule has 3 nitrogen and oxygen atoms in total. The lowest BCUT2D eigenvalue weighted by Gasteiger charge is -2.61. The lowest BCUT2D eigenvalue weighted by molar-refractivity contribution is -0.0609. The molecule has 1 aromatic rings. The Bertz CT molecular complexity index is 622. The second-order valence-corrected chi connectivity index (χ2v) is 8.24. The molecule has 0 amide bonds. The van der Waals surface area contributed by atoms with Crippen LogP contribution in [0.25, 0.3) is 6.08 Å². The number of rotatable bonds is 4. The Labute approximate surface area is 139 Å². The van der Waals surface area contributed by atoms with Gasteiger partial charge in [-0.1, -0.05) is 25.1 Å². The maximum atomic E-state index is 6.80. The van der Waals surface area contributed by atoms with E-state index in [9.17, 15) is 0 Å². The predicted molar refractivity (Wildman–Crippen MR) is 97.2 cm³/mol. The van der Waals surface area contributed by atoms with Crippen molar-refractivity contribution in [3.63, 3.8) is 0 Å². The number of anilines is 1. The Balaban J connectivity index is 1.45. The van der Waals surface area contributed by atoms with Crippen molar-refractivity contribution in [3.8, 4) is 0 Å². The van der Waals surface area contributed by atoms with E-state index in [-0.39, 0.29) is 5.54 Å². The Hall–Kier alpha value is -1.32. The first-order valence-corrected chi connectivity index (χ1v) is 9.12. The Morgan fingerprint density at radius 1 is 1.22 bits per heavy atom. The average Bonchev–Trinajstić information content (AvgIpc) is 2.47. The van der Waals surface area contributed by atoms with E-state index in [1.165, 1.54) is 42.5 Å². The van der Waals surface area contributed by atoms with Crippen LogP contribution in [0.4, 0.5) is 5.69 Å². The monoisotopic (exact) mass is 311 g/mol. The van der Waals surface area contributed by atoms with Crippen LogP contribution in [0.5, 0.6) is 0 Å². The molecule has 0 aromatic heterocycles. The number of fused-ring (bicyclic) bond motifs is 1. The molecule has 23 heavy (non-hydrogen) atoms. The molecule has 1 spiro atoms. The Morgan fingerprint density at radius 2 is 2.00 bits per heavy atom. The van der Waals surface area contributed by atoms with Gasteiger partial charge in [-0.05, 0) is 73.1 Å². The Kier molecular flexibility index (Phi) is 3.54. The molecule has 2 fully saturated rings. The van der Waals surface area contributed by atoms with Gasteiger partial charge in [-0.2, -0.15) is 0 Å². The summed E-state index contributed by atoms with van der Waals surface area (Å²) in [6.45, 7) is 3.21. The van der Waals surface area contributed by atoms with E-state index in [1.807, 2.05) is 0 Å². The summed E-state index contributed by atoms with van der Waals surface area (Å²) in [4.78, 5) is 0. The fourth-order valence-corrected chi connectivity index (χ4v) is 4.96. The van der Waals surface area contributed by atoms with E-state index >= 15 is 0 Å². The smallest absolute Gasteiger partial charge is 0.0412 e. The summed E-state index contributed by atoms with van der Waals surface area (Å²) in [7, 11) is 0. The molecule has 0 heterocycles. The first-order chi connectivity index (χ1) is 11.0. The molecule has 124 valence electrons. The zero-order valence-electron chi connectivity index (χ0n) is 14.1. The van der Waals surface area contributed by atoms with E-state index in [4.69, 9.17) is 11.5 Å². The SMILES string of the molecule is CCCNc1ccc2c(c1)C=CC(N)(C1CC3(CC(N)C3)C1)C2. The van der Waals surface area contributed by atoms with E-state index < -0.39 is 0 Å². The van der Waals surface area contributed by atoms with Crippen LogP contribution in [-0.4, -0.2) is 18.1 Å². The van der Waals surface area contributed by atoms with Crippen molar-refractivity contribution in [2.75, 3.05) is 11.9 Å². The number of nitrogens with one attached hydrogen (secondary N) is 1. The highest BCUT2D eigenvalue weighted by atomic mass is 14.9. The maximum absolute atomic E-state index is 6.80. The highest BCUT2D eigenvalue weighted by molar-refractivity contribution is 5.64. The zero-order chi connectivity index (χ0) is 16.1. The van der Waals surface area contributed by atoms with E-state index in [2.05, 4.69) is 42.6 Å². The van der Waals surface area contributed by atoms with E-state index in [0.717, 1.165) is 19.4 Å². The molecule has 1 atom stereocenters. The topological polar surface area (TPSA) is 64.1 Å². The van der Waals surface area contributed by atoms with Crippen molar-refractivity contribution in [3.05, 3.63) is 35.4 Å². The van der Waals surface area contributed by atoms with Gasteiger partial charge in [0.05, 0.1) is 0 Å². The number of hydrogen-bond acceptors (Lipinski definition) is 3. The number of hydrogen-bond donors (Lipinski definition) is 3. The van der Waals surface area contributed by atoms with Crippen molar-refractivity contribution >= 4 is 11.8 Å². The number of nitrogens with two attached hydrogens (primary N) is 2. The van der Waals surface area contributed by atoms with Crippen molar-refractivity contribution in [2.24, 2.45) is 22.8 Å². The second kappa shape index (κ2) is 5.35. The van der Waals surface area contributed by atoms with Gasteiger partial charge in [-0.25, -0.2) is 0 Å². The largest absolute Gasteiger partial charge is 0.385 e. The lowest BCUT2D eigenvalue weighted by Crippen LogP contribution is -2.61. The first-order valence-electron chi connectivity index (χ1n) is 9.12. The van der Waals surface area contributed by atoms with E-state index in [1.54, 1.807) is 0 Å². The van der Waals surface area contributed by atoms with Gasteiger partial charge in [0, 0.05) is 23.8 Å². The van der Waals surface area contributed by atoms with Gasteiger partial charge in [-0.15, -0.1) is 0 Å². The van der Waals surface area contributed by atoms with Crippen molar-refractivity contribution < 1.29 is 0 Å². The summed E-state index contributed by atoms with van der Waals surface area (Å²) in [5.74, 6) is 0.622. The van der Waals surface area contributed by atoms with Gasteiger partial charge in [0.25, 0.3) is 0 Å². The third kappa shape index (κ3) is 2.60. The normalized spacial score (nSPS) is 37.9. The van der Waals surface area contributed by atoms with Crippen LogP contribution in [0.15, 0.2) is 24.3 Å². The fraction of sp³-hybridized carbons (Fsp3) is 0.600. The molecule has 3 aliphatic rings. The second-order valence-electron chi connectivity index (χ2n) is 8.24. The molecule has 0 bridgehead atoms. The molecule has 2 saturated carbocycles. The minimum atomic E-state index is -0.156. The lowest BCUT2D eigenvalue weighted by atomic mass is 9.46. The predicted octanol–water partition coefficient (Wildman–Crippen LogP) is 3.29.